The second-order valence-electron chi connectivity index (χ2n) is 5.97. The second-order valence-corrected chi connectivity index (χ2v) is 6.38. The van der Waals surface area contributed by atoms with Crippen LogP contribution in [0.3, 0.4) is 0 Å². The van der Waals surface area contributed by atoms with Crippen molar-refractivity contribution in [3.05, 3.63) is 35.2 Å². The monoisotopic (exact) mass is 418 g/mol. The Morgan fingerprint density at radius 3 is 2.90 bits per heavy atom. The van der Waals surface area contributed by atoms with E-state index in [1.807, 2.05) is 6.07 Å². The molecule has 1 aliphatic rings. The minimum atomic E-state index is -0.578. The van der Waals surface area contributed by atoms with Crippen molar-refractivity contribution in [2.24, 2.45) is 0 Å². The first-order valence-electron chi connectivity index (χ1n) is 8.72. The molecule has 11 heteroatoms. The number of anilines is 2. The summed E-state index contributed by atoms with van der Waals surface area (Å²) in [5, 5.41) is 17.5. The number of urea groups is 1. The van der Waals surface area contributed by atoms with E-state index in [0.717, 1.165) is 6.54 Å². The number of ether oxygens (including phenoxy) is 3. The molecule has 3 rings (SSSR count). The molecule has 0 saturated carbocycles. The summed E-state index contributed by atoms with van der Waals surface area (Å²) in [5.41, 5.74) is 0.492. The number of hydrogen-bond acceptors (Lipinski definition) is 8. The molecule has 1 atom stereocenters. The quantitative estimate of drug-likeness (QED) is 0.649. The number of morpholine rings is 1. The lowest BCUT2D eigenvalue weighted by molar-refractivity contribution is 0.000316. The average Bonchev–Trinajstić information content (AvgIpc) is 2.74. The predicted molar refractivity (Wildman–Crippen MR) is 105 cm³/mol. The number of nitrogens with zero attached hydrogens (tertiary/aromatic N) is 3. The molecule has 0 unspecified atom stereocenters. The zero-order chi connectivity index (χ0) is 20.6. The molecule has 3 N–H and O–H groups in total. The number of nitriles is 1. The Morgan fingerprint density at radius 2 is 2.24 bits per heavy atom. The number of methoxy groups -OCH3 is 1. The highest BCUT2D eigenvalue weighted by atomic mass is 35.5. The largest absolute Gasteiger partial charge is 0.495 e. The average molecular weight is 419 g/mol. The van der Waals surface area contributed by atoms with E-state index in [1.165, 1.54) is 25.6 Å². The van der Waals surface area contributed by atoms with Gasteiger partial charge in [-0.2, -0.15) is 5.26 Å². The number of nitrogens with one attached hydrogen (secondary N) is 3. The second kappa shape index (κ2) is 9.88. The van der Waals surface area contributed by atoms with Gasteiger partial charge in [0.1, 0.15) is 30.3 Å². The van der Waals surface area contributed by atoms with Crippen LogP contribution in [0, 0.1) is 11.3 Å². The molecule has 29 heavy (non-hydrogen) atoms. The summed E-state index contributed by atoms with van der Waals surface area (Å²) in [6.45, 7) is 2.37. The fraction of sp³-hybridized carbons (Fsp3) is 0.333. The fourth-order valence-electron chi connectivity index (χ4n) is 2.54. The summed E-state index contributed by atoms with van der Waals surface area (Å²) in [6.07, 6.45) is 2.43. The number of amides is 2. The van der Waals surface area contributed by atoms with Gasteiger partial charge in [-0.15, -0.1) is 0 Å². The Labute approximate surface area is 172 Å². The smallest absolute Gasteiger partial charge is 0.325 e. The summed E-state index contributed by atoms with van der Waals surface area (Å²) in [5.74, 6) is 0.972. The topological polar surface area (TPSA) is 130 Å². The van der Waals surface area contributed by atoms with Gasteiger partial charge in [0.05, 0.1) is 36.8 Å². The number of rotatable bonds is 6. The van der Waals surface area contributed by atoms with Gasteiger partial charge >= 0.3 is 6.03 Å². The highest BCUT2D eigenvalue weighted by Crippen LogP contribution is 2.36. The van der Waals surface area contributed by atoms with Gasteiger partial charge in [0.25, 0.3) is 0 Å². The molecule has 152 valence electrons. The first-order valence-corrected chi connectivity index (χ1v) is 9.09. The van der Waals surface area contributed by atoms with Gasteiger partial charge in [-0.05, 0) is 6.07 Å². The third kappa shape index (κ3) is 5.68. The highest BCUT2D eigenvalue weighted by Gasteiger charge is 2.18. The molecule has 0 bridgehead atoms. The molecule has 0 aliphatic carbocycles. The van der Waals surface area contributed by atoms with Crippen LogP contribution in [0.25, 0.3) is 0 Å². The van der Waals surface area contributed by atoms with Crippen molar-refractivity contribution < 1.29 is 19.0 Å². The number of carbonyl (C=O) groups is 1. The fourth-order valence-corrected chi connectivity index (χ4v) is 2.78. The lowest BCUT2D eigenvalue weighted by Crippen LogP contribution is -2.41. The Balaban J connectivity index is 1.70. The van der Waals surface area contributed by atoms with E-state index >= 15 is 0 Å². The van der Waals surface area contributed by atoms with E-state index < -0.39 is 6.03 Å². The lowest BCUT2D eigenvalue weighted by atomic mass is 10.2. The molecular weight excluding hydrogens is 400 g/mol. The molecule has 0 spiro atoms. The zero-order valence-corrected chi connectivity index (χ0v) is 16.3. The molecule has 1 aliphatic heterocycles. The normalized spacial score (nSPS) is 15.8. The van der Waals surface area contributed by atoms with Crippen molar-refractivity contribution in [1.82, 2.24) is 15.3 Å². The molecular formula is C18H19ClN6O4. The van der Waals surface area contributed by atoms with Crippen LogP contribution in [0.15, 0.2) is 24.5 Å². The van der Waals surface area contributed by atoms with Crippen LogP contribution < -0.4 is 25.4 Å². The molecule has 2 amide bonds. The Kier molecular flexibility index (Phi) is 7.02. The first kappa shape index (κ1) is 20.6. The number of aromatic nitrogens is 2. The summed E-state index contributed by atoms with van der Waals surface area (Å²) in [4.78, 5) is 20.1. The highest BCUT2D eigenvalue weighted by molar-refractivity contribution is 6.32. The third-order valence-corrected chi connectivity index (χ3v) is 4.23. The van der Waals surface area contributed by atoms with Crippen LogP contribution in [0.4, 0.5) is 16.3 Å². The zero-order valence-electron chi connectivity index (χ0n) is 15.6. The van der Waals surface area contributed by atoms with Crippen molar-refractivity contribution in [3.8, 4) is 17.6 Å². The number of benzene rings is 1. The molecule has 0 radical (unpaired) electrons. The van der Waals surface area contributed by atoms with Gasteiger partial charge < -0.3 is 24.8 Å². The first-order chi connectivity index (χ1) is 14.1. The van der Waals surface area contributed by atoms with Gasteiger partial charge in [-0.3, -0.25) is 5.32 Å². The molecule has 1 aromatic carbocycles. The van der Waals surface area contributed by atoms with Crippen LogP contribution in [-0.4, -0.2) is 55.5 Å². The Bertz CT molecular complexity index is 896. The van der Waals surface area contributed by atoms with Crippen LogP contribution in [0.1, 0.15) is 5.69 Å². The van der Waals surface area contributed by atoms with Gasteiger partial charge in [0.2, 0.25) is 0 Å². The van der Waals surface area contributed by atoms with Crippen molar-refractivity contribution in [3.63, 3.8) is 0 Å². The van der Waals surface area contributed by atoms with Crippen molar-refractivity contribution in [2.75, 3.05) is 44.0 Å². The van der Waals surface area contributed by atoms with Gasteiger partial charge in [-0.1, -0.05) is 11.6 Å². The number of hydrogen-bond donors (Lipinski definition) is 3. The third-order valence-electron chi connectivity index (χ3n) is 3.94. The van der Waals surface area contributed by atoms with Crippen molar-refractivity contribution >= 4 is 29.1 Å². The standard InChI is InChI=1S/C18H19ClN6O4/c1-27-15-5-16(29-10-12-8-21-2-3-28-12)14(4-13(15)19)24-18(26)25-17-9-22-11(6-20)7-23-17/h4-5,7,9,12,21H,2-3,8,10H2,1H3,(H2,23,24,25,26)/t12-/m0/s1. The molecule has 10 nitrogen and oxygen atoms in total. The summed E-state index contributed by atoms with van der Waals surface area (Å²) in [6, 6.07) is 4.40. The molecule has 2 heterocycles. The van der Waals surface area contributed by atoms with Crippen molar-refractivity contribution in [2.45, 2.75) is 6.10 Å². The number of carbonyl (C=O) groups excluding carboxylic acids is 1. The van der Waals surface area contributed by atoms with E-state index in [1.54, 1.807) is 6.07 Å². The summed E-state index contributed by atoms with van der Waals surface area (Å²) < 4.78 is 16.7. The van der Waals surface area contributed by atoms with Gasteiger partial charge in [-0.25, -0.2) is 14.8 Å². The van der Waals surface area contributed by atoms with Crippen LogP contribution >= 0.6 is 11.6 Å². The van der Waals surface area contributed by atoms with E-state index in [0.29, 0.717) is 35.4 Å². The van der Waals surface area contributed by atoms with E-state index in [4.69, 9.17) is 31.1 Å². The maximum Gasteiger partial charge on any atom is 0.325 e. The van der Waals surface area contributed by atoms with Gasteiger partial charge in [0.15, 0.2) is 11.5 Å². The van der Waals surface area contributed by atoms with Crippen LogP contribution in [0.2, 0.25) is 5.02 Å². The van der Waals surface area contributed by atoms with Crippen molar-refractivity contribution in [1.29, 1.82) is 5.26 Å². The summed E-state index contributed by atoms with van der Waals surface area (Å²) >= 11 is 6.19. The Morgan fingerprint density at radius 1 is 1.38 bits per heavy atom. The number of halogens is 1. The van der Waals surface area contributed by atoms with Gasteiger partial charge in [0, 0.05) is 19.2 Å². The van der Waals surface area contributed by atoms with E-state index in [-0.39, 0.29) is 24.2 Å². The van der Waals surface area contributed by atoms with Crippen LogP contribution in [-0.2, 0) is 4.74 Å². The predicted octanol–water partition coefficient (Wildman–Crippen LogP) is 2.02. The minimum absolute atomic E-state index is 0.110. The Hall–Kier alpha value is -3.13. The maximum absolute atomic E-state index is 12.3. The maximum atomic E-state index is 12.3. The minimum Gasteiger partial charge on any atom is -0.495 e. The molecule has 1 fully saturated rings. The van der Waals surface area contributed by atoms with E-state index in [2.05, 4.69) is 25.9 Å². The van der Waals surface area contributed by atoms with E-state index in [9.17, 15) is 4.79 Å². The summed E-state index contributed by atoms with van der Waals surface area (Å²) in [7, 11) is 1.49. The van der Waals surface area contributed by atoms with Crippen LogP contribution in [0.5, 0.6) is 11.5 Å². The lowest BCUT2D eigenvalue weighted by Gasteiger charge is -2.24. The molecule has 1 saturated heterocycles. The molecule has 2 aromatic rings. The molecule has 1 aromatic heterocycles. The SMILES string of the molecule is COc1cc(OC[C@@H]2CNCCO2)c(NC(=O)Nc2cnc(C#N)cn2)cc1Cl.